The van der Waals surface area contributed by atoms with Crippen LogP contribution in [0, 0.1) is 20.8 Å². The second-order valence-corrected chi connectivity index (χ2v) is 7.45. The van der Waals surface area contributed by atoms with Crippen molar-refractivity contribution in [1.29, 1.82) is 0 Å². The third kappa shape index (κ3) is 2.91. The number of thiophene rings is 1. The molecule has 4 aromatic rings. The highest BCUT2D eigenvalue weighted by molar-refractivity contribution is 7.21. The van der Waals surface area contributed by atoms with E-state index in [1.54, 1.807) is 0 Å². The summed E-state index contributed by atoms with van der Waals surface area (Å²) in [7, 11) is 0. The number of fused-ring (bicyclic) bond motifs is 1. The van der Waals surface area contributed by atoms with Crippen molar-refractivity contribution < 1.29 is 4.79 Å². The fourth-order valence-corrected chi connectivity index (χ4v) is 4.32. The average molecular weight is 361 g/mol. The number of nitrogens with one attached hydrogen (secondary N) is 1. The van der Waals surface area contributed by atoms with Gasteiger partial charge in [0.2, 0.25) is 0 Å². The molecule has 4 nitrogen and oxygen atoms in total. The van der Waals surface area contributed by atoms with Crippen molar-refractivity contribution in [2.24, 2.45) is 0 Å². The number of pyridine rings is 1. The van der Waals surface area contributed by atoms with Gasteiger partial charge in [0.1, 0.15) is 9.71 Å². The summed E-state index contributed by atoms with van der Waals surface area (Å²) >= 11 is 1.44. The van der Waals surface area contributed by atoms with Crippen molar-refractivity contribution >= 4 is 33.1 Å². The van der Waals surface area contributed by atoms with E-state index in [9.17, 15) is 4.79 Å². The molecular formula is C21H19N3OS. The molecule has 3 aromatic heterocycles. The summed E-state index contributed by atoms with van der Waals surface area (Å²) < 4.78 is 1.99. The molecule has 0 saturated heterocycles. The first kappa shape index (κ1) is 16.5. The summed E-state index contributed by atoms with van der Waals surface area (Å²) in [6.07, 6.45) is 3.92. The summed E-state index contributed by atoms with van der Waals surface area (Å²) in [5.41, 5.74) is 4.93. The number of hydrogen-bond donors (Lipinski definition) is 1. The van der Waals surface area contributed by atoms with Crippen molar-refractivity contribution in [3.8, 4) is 5.69 Å². The Morgan fingerprint density at radius 1 is 1.08 bits per heavy atom. The summed E-state index contributed by atoms with van der Waals surface area (Å²) in [6.45, 7) is 6.07. The zero-order valence-corrected chi connectivity index (χ0v) is 15.7. The van der Waals surface area contributed by atoms with E-state index >= 15 is 0 Å². The minimum atomic E-state index is -0.113. The topological polar surface area (TPSA) is 46.9 Å². The molecule has 1 aromatic carbocycles. The summed E-state index contributed by atoms with van der Waals surface area (Å²) in [6, 6.07) is 13.8. The van der Waals surface area contributed by atoms with E-state index in [4.69, 9.17) is 0 Å². The predicted octanol–water partition coefficient (Wildman–Crippen LogP) is 5.26. The molecule has 3 heterocycles. The van der Waals surface area contributed by atoms with Crippen molar-refractivity contribution in [2.75, 3.05) is 5.32 Å². The lowest BCUT2D eigenvalue weighted by molar-refractivity contribution is 0.103. The quantitative estimate of drug-likeness (QED) is 0.541. The van der Waals surface area contributed by atoms with Gasteiger partial charge in [-0.3, -0.25) is 4.79 Å². The van der Waals surface area contributed by atoms with Gasteiger partial charge >= 0.3 is 0 Å². The van der Waals surface area contributed by atoms with Gasteiger partial charge < -0.3 is 9.88 Å². The Balaban J connectivity index is 1.86. The van der Waals surface area contributed by atoms with Crippen LogP contribution in [-0.4, -0.2) is 15.5 Å². The molecule has 4 rings (SSSR count). The third-order valence-corrected chi connectivity index (χ3v) is 5.41. The van der Waals surface area contributed by atoms with Crippen LogP contribution in [0.4, 0.5) is 5.69 Å². The fraction of sp³-hybridized carbons (Fsp3) is 0.143. The maximum atomic E-state index is 13.0. The van der Waals surface area contributed by atoms with Gasteiger partial charge in [-0.15, -0.1) is 11.3 Å². The second-order valence-electron chi connectivity index (χ2n) is 6.45. The van der Waals surface area contributed by atoms with E-state index in [1.165, 1.54) is 11.3 Å². The summed E-state index contributed by atoms with van der Waals surface area (Å²) in [5.74, 6) is -0.113. The van der Waals surface area contributed by atoms with Gasteiger partial charge in [-0.2, -0.15) is 0 Å². The lowest BCUT2D eigenvalue weighted by Gasteiger charge is -2.09. The number of amides is 1. The molecule has 0 aliphatic carbocycles. The first-order valence-corrected chi connectivity index (χ1v) is 9.26. The van der Waals surface area contributed by atoms with E-state index in [2.05, 4.69) is 23.3 Å². The number of carbonyl (C=O) groups is 1. The standard InChI is InChI=1S/C21H19N3OS/c1-13-6-8-16(9-7-13)23-20(25)19-18(24-10-4-5-11-24)17-14(2)12-15(3)22-21(17)26-19/h4-12H,1-3H3,(H,23,25). The van der Waals surface area contributed by atoms with E-state index in [1.807, 2.05) is 67.2 Å². The number of anilines is 1. The summed E-state index contributed by atoms with van der Waals surface area (Å²) in [4.78, 5) is 19.2. The van der Waals surface area contributed by atoms with Gasteiger partial charge in [0.05, 0.1) is 5.69 Å². The van der Waals surface area contributed by atoms with E-state index in [-0.39, 0.29) is 5.91 Å². The molecule has 5 heteroatoms. The predicted molar refractivity (Wildman–Crippen MR) is 108 cm³/mol. The molecule has 0 bridgehead atoms. The number of aryl methyl sites for hydroxylation is 3. The Labute approximate surface area is 156 Å². The Bertz CT molecular complexity index is 1090. The van der Waals surface area contributed by atoms with Gasteiger partial charge in [-0.25, -0.2) is 4.98 Å². The lowest BCUT2D eigenvalue weighted by Crippen LogP contribution is -2.12. The molecule has 0 unspecified atom stereocenters. The lowest BCUT2D eigenvalue weighted by atomic mass is 10.1. The average Bonchev–Trinajstić information content (AvgIpc) is 3.23. The SMILES string of the molecule is Cc1ccc(NC(=O)c2sc3nc(C)cc(C)c3c2-n2cccc2)cc1. The van der Waals surface area contributed by atoms with Crippen molar-refractivity contribution in [3.05, 3.63) is 76.6 Å². The number of hydrogen-bond acceptors (Lipinski definition) is 3. The van der Waals surface area contributed by atoms with Crippen LogP contribution < -0.4 is 5.32 Å². The van der Waals surface area contributed by atoms with E-state index in [0.29, 0.717) is 4.88 Å². The van der Waals surface area contributed by atoms with Crippen LogP contribution in [0.15, 0.2) is 54.9 Å². The largest absolute Gasteiger partial charge is 0.322 e. The van der Waals surface area contributed by atoms with Crippen LogP contribution in [0.3, 0.4) is 0 Å². The van der Waals surface area contributed by atoms with Gasteiger partial charge in [-0.1, -0.05) is 17.7 Å². The molecule has 0 aliphatic rings. The number of aromatic nitrogens is 2. The molecule has 130 valence electrons. The Morgan fingerprint density at radius 2 is 1.77 bits per heavy atom. The molecule has 0 radical (unpaired) electrons. The maximum Gasteiger partial charge on any atom is 0.267 e. The molecule has 0 fully saturated rings. The first-order valence-electron chi connectivity index (χ1n) is 8.45. The Kier molecular flexibility index (Phi) is 4.09. The van der Waals surface area contributed by atoms with Gasteiger partial charge in [-0.05, 0) is 56.7 Å². The second kappa shape index (κ2) is 6.42. The minimum absolute atomic E-state index is 0.113. The molecule has 1 N–H and O–H groups in total. The molecule has 0 aliphatic heterocycles. The van der Waals surface area contributed by atoms with Crippen molar-refractivity contribution in [1.82, 2.24) is 9.55 Å². The minimum Gasteiger partial charge on any atom is -0.322 e. The normalized spacial score (nSPS) is 11.0. The Hall–Kier alpha value is -2.92. The molecule has 1 amide bonds. The highest BCUT2D eigenvalue weighted by Gasteiger charge is 2.22. The van der Waals surface area contributed by atoms with Crippen LogP contribution in [0.2, 0.25) is 0 Å². The van der Waals surface area contributed by atoms with Crippen LogP contribution >= 0.6 is 11.3 Å². The highest BCUT2D eigenvalue weighted by Crippen LogP contribution is 2.36. The Morgan fingerprint density at radius 3 is 2.46 bits per heavy atom. The van der Waals surface area contributed by atoms with Crippen LogP contribution in [-0.2, 0) is 0 Å². The van der Waals surface area contributed by atoms with Crippen molar-refractivity contribution in [3.63, 3.8) is 0 Å². The third-order valence-electron chi connectivity index (χ3n) is 4.34. The number of carbonyl (C=O) groups excluding carboxylic acids is 1. The summed E-state index contributed by atoms with van der Waals surface area (Å²) in [5, 5.41) is 4.05. The molecule has 0 saturated carbocycles. The fourth-order valence-electron chi connectivity index (χ4n) is 3.13. The van der Waals surface area contributed by atoms with Crippen LogP contribution in [0.25, 0.3) is 15.9 Å². The molecule has 0 atom stereocenters. The van der Waals surface area contributed by atoms with Crippen LogP contribution in [0.5, 0.6) is 0 Å². The maximum absolute atomic E-state index is 13.0. The zero-order chi connectivity index (χ0) is 18.3. The molecular weight excluding hydrogens is 342 g/mol. The highest BCUT2D eigenvalue weighted by atomic mass is 32.1. The van der Waals surface area contributed by atoms with Gasteiger partial charge in [0.15, 0.2) is 0 Å². The molecule has 26 heavy (non-hydrogen) atoms. The van der Waals surface area contributed by atoms with Gasteiger partial charge in [0, 0.05) is 29.2 Å². The number of rotatable bonds is 3. The first-order chi connectivity index (χ1) is 12.5. The van der Waals surface area contributed by atoms with E-state index < -0.39 is 0 Å². The molecule has 0 spiro atoms. The number of nitrogens with zero attached hydrogens (tertiary/aromatic N) is 2. The van der Waals surface area contributed by atoms with Crippen LogP contribution in [0.1, 0.15) is 26.5 Å². The zero-order valence-electron chi connectivity index (χ0n) is 14.9. The number of benzene rings is 1. The smallest absolute Gasteiger partial charge is 0.267 e. The van der Waals surface area contributed by atoms with Gasteiger partial charge in [0.25, 0.3) is 5.91 Å². The van der Waals surface area contributed by atoms with Crippen molar-refractivity contribution in [2.45, 2.75) is 20.8 Å². The monoisotopic (exact) mass is 361 g/mol. The van der Waals surface area contributed by atoms with E-state index in [0.717, 1.165) is 38.4 Å².